The van der Waals surface area contributed by atoms with Crippen molar-refractivity contribution in [1.82, 2.24) is 0 Å². The van der Waals surface area contributed by atoms with Crippen LogP contribution < -0.4 is 0 Å². The summed E-state index contributed by atoms with van der Waals surface area (Å²) < 4.78 is 33.1. The van der Waals surface area contributed by atoms with Crippen molar-refractivity contribution < 1.29 is 22.1 Å². The molecule has 6 heteroatoms. The highest BCUT2D eigenvalue weighted by Crippen LogP contribution is 2.15. The Kier molecular flexibility index (Phi) is 5.10. The Morgan fingerprint density at radius 1 is 1.37 bits per heavy atom. The van der Waals surface area contributed by atoms with Crippen molar-refractivity contribution in [2.45, 2.75) is 24.8 Å². The predicted molar refractivity (Wildman–Crippen MR) is 68.7 cm³/mol. The first-order chi connectivity index (χ1) is 8.86. The molecular formula is C13H14O5S. The minimum atomic E-state index is -4.00. The van der Waals surface area contributed by atoms with Gasteiger partial charge in [0, 0.05) is 0 Å². The first kappa shape index (κ1) is 15.2. The largest absolute Gasteiger partial charge is 0.451 e. The predicted octanol–water partition coefficient (Wildman–Crippen LogP) is 1.27. The van der Waals surface area contributed by atoms with E-state index in [1.165, 1.54) is 19.1 Å². The Labute approximate surface area is 112 Å². The van der Waals surface area contributed by atoms with Crippen molar-refractivity contribution in [3.05, 3.63) is 29.8 Å². The van der Waals surface area contributed by atoms with Crippen LogP contribution in [0.15, 0.2) is 29.2 Å². The van der Waals surface area contributed by atoms with Gasteiger partial charge in [-0.05, 0) is 26.0 Å². The Hall–Kier alpha value is -1.84. The summed E-state index contributed by atoms with van der Waals surface area (Å²) in [6.45, 7) is 2.89. The third-order valence-electron chi connectivity index (χ3n) is 2.21. The van der Waals surface area contributed by atoms with E-state index in [1.54, 1.807) is 12.1 Å². The van der Waals surface area contributed by atoms with E-state index < -0.39 is 22.2 Å². The zero-order valence-electron chi connectivity index (χ0n) is 10.6. The molecule has 0 heterocycles. The molecule has 1 atom stereocenters. The topological polar surface area (TPSA) is 69.7 Å². The van der Waals surface area contributed by atoms with E-state index in [0.717, 1.165) is 5.56 Å². The van der Waals surface area contributed by atoms with E-state index >= 15 is 0 Å². The van der Waals surface area contributed by atoms with Gasteiger partial charge in [-0.15, -0.1) is 6.42 Å². The van der Waals surface area contributed by atoms with Crippen molar-refractivity contribution in [3.8, 4) is 12.3 Å². The molecule has 0 N–H and O–H groups in total. The fraction of sp³-hybridized carbons (Fsp3) is 0.308. The highest BCUT2D eigenvalue weighted by atomic mass is 32.2. The number of carbonyl (C=O) groups excluding carboxylic acids is 1. The Morgan fingerprint density at radius 2 is 1.95 bits per heavy atom. The second-order valence-electron chi connectivity index (χ2n) is 3.82. The van der Waals surface area contributed by atoms with E-state index in [9.17, 15) is 13.2 Å². The molecule has 1 rings (SSSR count). The van der Waals surface area contributed by atoms with Crippen molar-refractivity contribution in [1.29, 1.82) is 0 Å². The van der Waals surface area contributed by atoms with Crippen LogP contribution in [0, 0.1) is 19.3 Å². The SMILES string of the molecule is C#CCOC(=O)[C@@H](C)OS(=O)(=O)c1ccc(C)cc1. The molecule has 0 saturated carbocycles. The highest BCUT2D eigenvalue weighted by molar-refractivity contribution is 7.86. The third-order valence-corrected chi connectivity index (χ3v) is 3.60. The summed E-state index contributed by atoms with van der Waals surface area (Å²) in [6.07, 6.45) is 3.67. The number of rotatable bonds is 5. The lowest BCUT2D eigenvalue weighted by Gasteiger charge is -2.11. The van der Waals surface area contributed by atoms with Crippen LogP contribution in [0.4, 0.5) is 0 Å². The summed E-state index contributed by atoms with van der Waals surface area (Å²) in [5.41, 5.74) is 0.917. The van der Waals surface area contributed by atoms with Crippen LogP contribution in [-0.4, -0.2) is 27.1 Å². The van der Waals surface area contributed by atoms with Gasteiger partial charge >= 0.3 is 5.97 Å². The van der Waals surface area contributed by atoms with Crippen molar-refractivity contribution >= 4 is 16.1 Å². The van der Waals surface area contributed by atoms with Gasteiger partial charge in [0.15, 0.2) is 12.7 Å². The van der Waals surface area contributed by atoms with Gasteiger partial charge < -0.3 is 4.74 Å². The summed E-state index contributed by atoms with van der Waals surface area (Å²) in [7, 11) is -4.00. The second kappa shape index (κ2) is 6.36. The van der Waals surface area contributed by atoms with Gasteiger partial charge in [0.05, 0.1) is 4.90 Å². The van der Waals surface area contributed by atoms with Crippen LogP contribution in [0.1, 0.15) is 12.5 Å². The number of hydrogen-bond donors (Lipinski definition) is 0. The van der Waals surface area contributed by atoms with Crippen LogP contribution >= 0.6 is 0 Å². The third kappa shape index (κ3) is 4.39. The summed E-state index contributed by atoms with van der Waals surface area (Å²) in [5, 5.41) is 0. The number of carbonyl (C=O) groups is 1. The molecule has 102 valence electrons. The second-order valence-corrected chi connectivity index (χ2v) is 5.39. The number of aryl methyl sites for hydroxylation is 1. The van der Waals surface area contributed by atoms with Crippen molar-refractivity contribution in [3.63, 3.8) is 0 Å². The van der Waals surface area contributed by atoms with E-state index in [-0.39, 0.29) is 11.5 Å². The maximum atomic E-state index is 11.9. The van der Waals surface area contributed by atoms with Gasteiger partial charge in [0.2, 0.25) is 0 Å². The zero-order chi connectivity index (χ0) is 14.5. The Bertz CT molecular complexity index is 580. The number of terminal acetylenes is 1. The van der Waals surface area contributed by atoms with Crippen LogP contribution in [0.5, 0.6) is 0 Å². The van der Waals surface area contributed by atoms with Crippen LogP contribution in [0.25, 0.3) is 0 Å². The minimum Gasteiger partial charge on any atom is -0.451 e. The molecule has 0 unspecified atom stereocenters. The first-order valence-electron chi connectivity index (χ1n) is 5.47. The quantitative estimate of drug-likeness (QED) is 0.462. The lowest BCUT2D eigenvalue weighted by Crippen LogP contribution is -2.26. The molecule has 0 aliphatic carbocycles. The Morgan fingerprint density at radius 3 is 2.47 bits per heavy atom. The molecule has 0 aromatic heterocycles. The molecule has 1 aromatic carbocycles. The maximum Gasteiger partial charge on any atom is 0.337 e. The molecule has 0 bridgehead atoms. The molecule has 0 aliphatic heterocycles. The summed E-state index contributed by atoms with van der Waals surface area (Å²) >= 11 is 0. The average Bonchev–Trinajstić information content (AvgIpc) is 2.35. The molecule has 0 amide bonds. The van der Waals surface area contributed by atoms with Gasteiger partial charge in [0.25, 0.3) is 10.1 Å². The monoisotopic (exact) mass is 282 g/mol. The fourth-order valence-corrected chi connectivity index (χ4v) is 2.26. The molecule has 1 aromatic rings. The van der Waals surface area contributed by atoms with Gasteiger partial charge in [-0.1, -0.05) is 23.6 Å². The van der Waals surface area contributed by atoms with Gasteiger partial charge in [-0.2, -0.15) is 8.42 Å². The molecule has 19 heavy (non-hydrogen) atoms. The van der Waals surface area contributed by atoms with Crippen LogP contribution in [0.3, 0.4) is 0 Å². The molecule has 0 aliphatic rings. The number of benzene rings is 1. The van der Waals surface area contributed by atoms with E-state index in [2.05, 4.69) is 10.7 Å². The van der Waals surface area contributed by atoms with Gasteiger partial charge in [-0.3, -0.25) is 4.18 Å². The normalized spacial score (nSPS) is 12.5. The highest BCUT2D eigenvalue weighted by Gasteiger charge is 2.24. The van der Waals surface area contributed by atoms with Gasteiger partial charge in [0.1, 0.15) is 0 Å². The van der Waals surface area contributed by atoms with Crippen molar-refractivity contribution in [2.24, 2.45) is 0 Å². The molecule has 0 fully saturated rings. The molecular weight excluding hydrogens is 268 g/mol. The minimum absolute atomic E-state index is 0.0188. The summed E-state index contributed by atoms with van der Waals surface area (Å²) in [5.74, 6) is 1.28. The number of ether oxygens (including phenoxy) is 1. The summed E-state index contributed by atoms with van der Waals surface area (Å²) in [4.78, 5) is 11.3. The number of esters is 1. The van der Waals surface area contributed by atoms with Crippen LogP contribution in [0.2, 0.25) is 0 Å². The molecule has 5 nitrogen and oxygen atoms in total. The van der Waals surface area contributed by atoms with E-state index in [1.807, 2.05) is 6.92 Å². The maximum absolute atomic E-state index is 11.9. The van der Waals surface area contributed by atoms with Gasteiger partial charge in [-0.25, -0.2) is 4.79 Å². The standard InChI is InChI=1S/C13H14O5S/c1-4-9-17-13(14)11(3)18-19(15,16)12-7-5-10(2)6-8-12/h1,5-8,11H,9H2,2-3H3/t11-/m1/s1. The smallest absolute Gasteiger partial charge is 0.337 e. The molecule has 0 radical (unpaired) electrons. The first-order valence-corrected chi connectivity index (χ1v) is 6.87. The lowest BCUT2D eigenvalue weighted by atomic mass is 10.2. The fourth-order valence-electron chi connectivity index (χ4n) is 1.22. The van der Waals surface area contributed by atoms with Crippen LogP contribution in [-0.2, 0) is 23.8 Å². The molecule has 0 spiro atoms. The average molecular weight is 282 g/mol. The van der Waals surface area contributed by atoms with E-state index in [0.29, 0.717) is 0 Å². The summed E-state index contributed by atoms with van der Waals surface area (Å²) in [6, 6.07) is 6.09. The zero-order valence-corrected chi connectivity index (χ0v) is 11.4. The Balaban J connectivity index is 2.77. The van der Waals surface area contributed by atoms with E-state index in [4.69, 9.17) is 10.6 Å². The number of hydrogen-bond acceptors (Lipinski definition) is 5. The molecule has 0 saturated heterocycles. The van der Waals surface area contributed by atoms with Crippen molar-refractivity contribution in [2.75, 3.05) is 6.61 Å². The lowest BCUT2D eigenvalue weighted by molar-refractivity contribution is -0.149.